The van der Waals surface area contributed by atoms with E-state index in [1.54, 1.807) is 12.1 Å². The molecule has 2 heterocycles. The van der Waals surface area contributed by atoms with Crippen LogP contribution in [0.25, 0.3) is 5.69 Å². The third kappa shape index (κ3) is 4.90. The zero-order chi connectivity index (χ0) is 22.8. The molecule has 1 aromatic carbocycles. The van der Waals surface area contributed by atoms with E-state index < -0.39 is 23.1 Å². The number of thioether (sulfide) groups is 1. The van der Waals surface area contributed by atoms with Gasteiger partial charge in [0.2, 0.25) is 0 Å². The molecule has 0 atom stereocenters. The predicted octanol–water partition coefficient (Wildman–Crippen LogP) is 3.80. The van der Waals surface area contributed by atoms with Gasteiger partial charge in [-0.1, -0.05) is 11.8 Å². The molecular formula is C19H13BrF3N3O4S. The van der Waals surface area contributed by atoms with Gasteiger partial charge in [0.25, 0.3) is 5.56 Å². The quantitative estimate of drug-likeness (QED) is 0.366. The van der Waals surface area contributed by atoms with Crippen molar-refractivity contribution in [2.75, 3.05) is 5.75 Å². The van der Waals surface area contributed by atoms with Crippen molar-refractivity contribution < 1.29 is 22.7 Å². The normalized spacial score (nSPS) is 11.4. The molecule has 3 aromatic rings. The lowest BCUT2D eigenvalue weighted by Gasteiger charge is -2.15. The van der Waals surface area contributed by atoms with E-state index in [-0.39, 0.29) is 17.2 Å². The summed E-state index contributed by atoms with van der Waals surface area (Å²) in [5, 5.41) is 0.439. The lowest BCUT2D eigenvalue weighted by atomic mass is 10.3. The van der Waals surface area contributed by atoms with Crippen LogP contribution in [0.2, 0.25) is 0 Å². The van der Waals surface area contributed by atoms with Crippen LogP contribution < -0.4 is 16.0 Å². The van der Waals surface area contributed by atoms with E-state index in [9.17, 15) is 27.6 Å². The van der Waals surface area contributed by atoms with Crippen molar-refractivity contribution >= 4 is 34.0 Å². The SMILES string of the molecule is Cn1c(C(F)(F)F)cc(=O)n(-c2ccc(Br)c(Oc3cccnc3SCC=O)c2)c1=O. The zero-order valence-corrected chi connectivity index (χ0v) is 18.1. The third-order valence-corrected chi connectivity index (χ3v) is 5.57. The van der Waals surface area contributed by atoms with E-state index in [0.717, 1.165) is 18.8 Å². The number of nitrogens with zero attached hydrogens (tertiary/aromatic N) is 3. The van der Waals surface area contributed by atoms with Gasteiger partial charge in [-0.2, -0.15) is 13.2 Å². The summed E-state index contributed by atoms with van der Waals surface area (Å²) in [5.41, 5.74) is -3.62. The molecular weight excluding hydrogens is 503 g/mol. The molecule has 0 aliphatic rings. The van der Waals surface area contributed by atoms with Crippen LogP contribution in [0.5, 0.6) is 11.5 Å². The van der Waals surface area contributed by atoms with E-state index in [2.05, 4.69) is 20.9 Å². The third-order valence-electron chi connectivity index (χ3n) is 4.03. The molecule has 0 amide bonds. The second-order valence-electron chi connectivity index (χ2n) is 6.04. The minimum absolute atomic E-state index is 0.0171. The van der Waals surface area contributed by atoms with Crippen LogP contribution in [0.3, 0.4) is 0 Å². The topological polar surface area (TPSA) is 83.2 Å². The maximum atomic E-state index is 13.1. The molecule has 162 valence electrons. The van der Waals surface area contributed by atoms with Crippen molar-refractivity contribution in [3.8, 4) is 17.2 Å². The highest BCUT2D eigenvalue weighted by Gasteiger charge is 2.35. The van der Waals surface area contributed by atoms with Crippen LogP contribution in [0.15, 0.2) is 61.7 Å². The molecule has 0 saturated heterocycles. The minimum atomic E-state index is -4.85. The number of rotatable bonds is 6. The summed E-state index contributed by atoms with van der Waals surface area (Å²) in [6.45, 7) is 0. The maximum absolute atomic E-state index is 13.1. The van der Waals surface area contributed by atoms with Gasteiger partial charge in [-0.15, -0.1) is 0 Å². The first-order chi connectivity index (χ1) is 14.6. The highest BCUT2D eigenvalue weighted by molar-refractivity contribution is 9.10. The Kier molecular flexibility index (Phi) is 6.70. The number of pyridine rings is 1. The molecule has 0 spiro atoms. The Balaban J connectivity index is 2.08. The van der Waals surface area contributed by atoms with Gasteiger partial charge in [-0.3, -0.25) is 9.36 Å². The van der Waals surface area contributed by atoms with E-state index in [1.807, 2.05) is 0 Å². The van der Waals surface area contributed by atoms with Crippen molar-refractivity contribution in [2.45, 2.75) is 11.2 Å². The van der Waals surface area contributed by atoms with Gasteiger partial charge in [0.15, 0.2) is 5.75 Å². The molecule has 0 radical (unpaired) electrons. The van der Waals surface area contributed by atoms with Gasteiger partial charge in [0.05, 0.1) is 15.9 Å². The Hall–Kier alpha value is -2.86. The second kappa shape index (κ2) is 9.10. The first kappa shape index (κ1) is 22.8. The van der Waals surface area contributed by atoms with Gasteiger partial charge < -0.3 is 9.53 Å². The Labute approximate surface area is 185 Å². The number of ether oxygens (including phenoxy) is 1. The van der Waals surface area contributed by atoms with Crippen LogP contribution >= 0.6 is 27.7 Å². The van der Waals surface area contributed by atoms with Gasteiger partial charge in [0, 0.05) is 25.4 Å². The number of carbonyl (C=O) groups is 1. The molecule has 12 heteroatoms. The van der Waals surface area contributed by atoms with Gasteiger partial charge in [0.1, 0.15) is 22.8 Å². The molecule has 0 N–H and O–H groups in total. The number of carbonyl (C=O) groups excluding carboxylic acids is 1. The molecule has 0 bridgehead atoms. The summed E-state index contributed by atoms with van der Waals surface area (Å²) in [4.78, 5) is 39.6. The van der Waals surface area contributed by atoms with E-state index >= 15 is 0 Å². The summed E-state index contributed by atoms with van der Waals surface area (Å²) in [7, 11) is 0.934. The molecule has 0 fully saturated rings. The number of aromatic nitrogens is 3. The average Bonchev–Trinajstić information content (AvgIpc) is 2.71. The molecule has 0 unspecified atom stereocenters. The number of benzene rings is 1. The number of hydrogen-bond acceptors (Lipinski definition) is 6. The molecule has 7 nitrogen and oxygen atoms in total. The predicted molar refractivity (Wildman–Crippen MR) is 111 cm³/mol. The molecule has 3 rings (SSSR count). The second-order valence-corrected chi connectivity index (χ2v) is 7.91. The van der Waals surface area contributed by atoms with Gasteiger partial charge in [-0.25, -0.2) is 14.3 Å². The summed E-state index contributed by atoms with van der Waals surface area (Å²) < 4.78 is 46.5. The van der Waals surface area contributed by atoms with Crippen LogP contribution in [0, 0.1) is 0 Å². The number of aldehydes is 1. The summed E-state index contributed by atoms with van der Waals surface area (Å²) in [5.74, 6) is 0.665. The highest BCUT2D eigenvalue weighted by atomic mass is 79.9. The first-order valence-electron chi connectivity index (χ1n) is 8.53. The van der Waals surface area contributed by atoms with Crippen molar-refractivity contribution in [2.24, 2.45) is 7.05 Å². The van der Waals surface area contributed by atoms with Crippen LogP contribution in [0.1, 0.15) is 5.69 Å². The fourth-order valence-electron chi connectivity index (χ4n) is 2.64. The zero-order valence-electron chi connectivity index (χ0n) is 15.7. The van der Waals surface area contributed by atoms with Crippen molar-refractivity contribution in [3.05, 3.63) is 73.6 Å². The smallest absolute Gasteiger partial charge is 0.431 e. The van der Waals surface area contributed by atoms with E-state index in [1.165, 1.54) is 24.4 Å². The Morgan fingerprint density at radius 2 is 1.94 bits per heavy atom. The maximum Gasteiger partial charge on any atom is 0.431 e. The molecule has 31 heavy (non-hydrogen) atoms. The molecule has 0 aliphatic carbocycles. The van der Waals surface area contributed by atoms with Gasteiger partial charge in [-0.05, 0) is 40.2 Å². The average molecular weight is 516 g/mol. The minimum Gasteiger partial charge on any atom is -0.453 e. The Bertz CT molecular complexity index is 1260. The summed E-state index contributed by atoms with van der Waals surface area (Å²) in [6.07, 6.45) is -2.61. The molecule has 0 saturated carbocycles. The van der Waals surface area contributed by atoms with Crippen LogP contribution in [-0.4, -0.2) is 26.2 Å². The first-order valence-corrected chi connectivity index (χ1v) is 10.3. The fourth-order valence-corrected chi connectivity index (χ4v) is 3.58. The van der Waals surface area contributed by atoms with Gasteiger partial charge >= 0.3 is 11.9 Å². The summed E-state index contributed by atoms with van der Waals surface area (Å²) >= 11 is 4.45. The Morgan fingerprint density at radius 1 is 1.19 bits per heavy atom. The number of hydrogen-bond donors (Lipinski definition) is 0. The van der Waals surface area contributed by atoms with Crippen molar-refractivity contribution in [1.29, 1.82) is 0 Å². The lowest BCUT2D eigenvalue weighted by Crippen LogP contribution is -2.40. The van der Waals surface area contributed by atoms with E-state index in [0.29, 0.717) is 36.7 Å². The Morgan fingerprint density at radius 3 is 2.61 bits per heavy atom. The van der Waals surface area contributed by atoms with E-state index in [4.69, 9.17) is 4.74 Å². The molecule has 2 aromatic heterocycles. The summed E-state index contributed by atoms with van der Waals surface area (Å²) in [6, 6.07) is 7.80. The standard InChI is InChI=1S/C19H13BrF3N3O4S/c1-25-15(19(21,22)23)10-16(28)26(18(25)29)11-4-5-12(20)14(9-11)30-13-3-2-6-24-17(13)31-8-7-27/h2-7,9-10H,8H2,1H3. The van der Waals surface area contributed by atoms with Crippen LogP contribution in [-0.2, 0) is 18.0 Å². The van der Waals surface area contributed by atoms with Crippen LogP contribution in [0.4, 0.5) is 13.2 Å². The van der Waals surface area contributed by atoms with Crippen molar-refractivity contribution in [3.63, 3.8) is 0 Å². The highest BCUT2D eigenvalue weighted by Crippen LogP contribution is 2.35. The lowest BCUT2D eigenvalue weighted by molar-refractivity contribution is -0.144. The van der Waals surface area contributed by atoms with Crippen molar-refractivity contribution in [1.82, 2.24) is 14.1 Å². The monoisotopic (exact) mass is 515 g/mol. The largest absolute Gasteiger partial charge is 0.453 e. The molecule has 0 aliphatic heterocycles. The number of halogens is 4. The number of alkyl halides is 3. The fraction of sp³-hybridized carbons (Fsp3) is 0.158.